The van der Waals surface area contributed by atoms with Gasteiger partial charge in [0.05, 0.1) is 15.1 Å². The van der Waals surface area contributed by atoms with E-state index in [0.717, 1.165) is 23.3 Å². The van der Waals surface area contributed by atoms with Crippen molar-refractivity contribution >= 4 is 37.5 Å². The molecular weight excluding hydrogens is 462 g/mol. The summed E-state index contributed by atoms with van der Waals surface area (Å²) < 4.78 is 35.9. The van der Waals surface area contributed by atoms with E-state index in [9.17, 15) is 18.0 Å². The molecule has 1 atom stereocenters. The summed E-state index contributed by atoms with van der Waals surface area (Å²) in [5.74, 6) is 0.449. The quantitative estimate of drug-likeness (QED) is 0.509. The predicted molar refractivity (Wildman–Crippen MR) is 128 cm³/mol. The van der Waals surface area contributed by atoms with Gasteiger partial charge < -0.3 is 9.64 Å². The van der Waals surface area contributed by atoms with Crippen LogP contribution < -0.4 is 9.61 Å². The molecule has 0 N–H and O–H groups in total. The van der Waals surface area contributed by atoms with Crippen molar-refractivity contribution in [3.63, 3.8) is 0 Å². The van der Waals surface area contributed by atoms with Crippen LogP contribution in [0.25, 0.3) is 10.2 Å². The first-order valence-electron chi connectivity index (χ1n) is 11.0. The van der Waals surface area contributed by atoms with Crippen LogP contribution in [0.4, 0.5) is 0 Å². The normalized spacial score (nSPS) is 16.1. The summed E-state index contributed by atoms with van der Waals surface area (Å²) >= 11 is 1.06. The van der Waals surface area contributed by atoms with E-state index in [2.05, 4.69) is 0 Å². The summed E-state index contributed by atoms with van der Waals surface area (Å²) in [5.41, 5.74) is 0.758. The number of amides is 1. The Kier molecular flexibility index (Phi) is 6.87. The maximum atomic E-state index is 13.2. The molecule has 1 aromatic heterocycles. The third-order valence-corrected chi connectivity index (χ3v) is 8.52. The van der Waals surface area contributed by atoms with Crippen LogP contribution in [0.2, 0.25) is 0 Å². The van der Waals surface area contributed by atoms with E-state index in [1.807, 2.05) is 25.1 Å². The Morgan fingerprint density at radius 1 is 1.09 bits per heavy atom. The third kappa shape index (κ3) is 4.83. The van der Waals surface area contributed by atoms with Crippen LogP contribution in [-0.2, 0) is 21.4 Å². The molecule has 0 aliphatic carbocycles. The number of nitrogens with zero attached hydrogens (tertiary/aromatic N) is 3. The molecule has 0 unspecified atom stereocenters. The van der Waals surface area contributed by atoms with E-state index >= 15 is 0 Å². The van der Waals surface area contributed by atoms with Crippen molar-refractivity contribution in [2.24, 2.45) is 0 Å². The topological polar surface area (TPSA) is 88.9 Å². The molecule has 2 heterocycles. The number of sulfonamides is 1. The highest BCUT2D eigenvalue weighted by molar-refractivity contribution is 7.89. The molecule has 4 rings (SSSR count). The monoisotopic (exact) mass is 489 g/mol. The van der Waals surface area contributed by atoms with Crippen molar-refractivity contribution in [3.05, 3.63) is 58.2 Å². The highest BCUT2D eigenvalue weighted by Crippen LogP contribution is 2.25. The van der Waals surface area contributed by atoms with Gasteiger partial charge in [-0.3, -0.25) is 14.2 Å². The van der Waals surface area contributed by atoms with Crippen LogP contribution in [0.15, 0.2) is 58.2 Å². The third-order valence-electron chi connectivity index (χ3n) is 5.68. The molecule has 1 amide bonds. The Labute approximate surface area is 197 Å². The lowest BCUT2D eigenvalue weighted by atomic mass is 10.3. The fraction of sp³-hybridized carbons (Fsp3) is 0.391. The number of aromatic nitrogens is 1. The van der Waals surface area contributed by atoms with Crippen LogP contribution in [0.1, 0.15) is 20.3 Å². The van der Waals surface area contributed by atoms with Gasteiger partial charge in [0.15, 0.2) is 6.10 Å². The summed E-state index contributed by atoms with van der Waals surface area (Å²) in [4.78, 5) is 26.7. The number of carbonyl (C=O) groups is 1. The average molecular weight is 490 g/mol. The number of piperazine rings is 1. The molecule has 3 aromatic rings. The Bertz CT molecular complexity index is 1290. The van der Waals surface area contributed by atoms with Crippen LogP contribution in [0, 0.1) is 0 Å². The molecule has 0 saturated carbocycles. The number of fused-ring (bicyclic) bond motifs is 1. The number of rotatable bonds is 7. The van der Waals surface area contributed by atoms with Gasteiger partial charge in [-0.25, -0.2) is 8.42 Å². The van der Waals surface area contributed by atoms with E-state index in [0.29, 0.717) is 30.1 Å². The van der Waals surface area contributed by atoms with E-state index in [-0.39, 0.29) is 28.8 Å². The first kappa shape index (κ1) is 23.5. The smallest absolute Gasteiger partial charge is 0.308 e. The van der Waals surface area contributed by atoms with Crippen LogP contribution in [0.3, 0.4) is 0 Å². The Balaban J connectivity index is 1.43. The molecular formula is C23H27N3O5S2. The summed E-state index contributed by atoms with van der Waals surface area (Å²) in [6, 6.07) is 14.0. The number of hydrogen-bond acceptors (Lipinski definition) is 6. The van der Waals surface area contributed by atoms with Crippen molar-refractivity contribution < 1.29 is 17.9 Å². The number of para-hydroxylation sites is 1. The fourth-order valence-corrected chi connectivity index (χ4v) is 6.43. The molecule has 2 aromatic carbocycles. The molecule has 8 nitrogen and oxygen atoms in total. The standard InChI is InChI=1S/C23H27N3O5S2/c1-3-11-26-20-10-9-19(16-21(20)32-23(26)28)33(29,30)25-14-12-24(13-15-25)22(27)17(2)31-18-7-5-4-6-8-18/h4-10,16-17H,3,11-15H2,1-2H3/t17-/m1/s1. The van der Waals surface area contributed by atoms with Gasteiger partial charge in [0.1, 0.15) is 5.75 Å². The van der Waals surface area contributed by atoms with Gasteiger partial charge >= 0.3 is 4.87 Å². The predicted octanol–water partition coefficient (Wildman–Crippen LogP) is 2.77. The minimum atomic E-state index is -3.73. The second-order valence-corrected chi connectivity index (χ2v) is 10.9. The minimum Gasteiger partial charge on any atom is -0.481 e. The highest BCUT2D eigenvalue weighted by Gasteiger charge is 2.32. The van der Waals surface area contributed by atoms with Crippen molar-refractivity contribution in [1.29, 1.82) is 0 Å². The van der Waals surface area contributed by atoms with Crippen molar-refractivity contribution in [3.8, 4) is 5.75 Å². The van der Waals surface area contributed by atoms with Gasteiger partial charge in [0, 0.05) is 32.7 Å². The number of aryl methyl sites for hydroxylation is 1. The molecule has 1 aliphatic heterocycles. The summed E-state index contributed by atoms with van der Waals surface area (Å²) in [6.07, 6.45) is 0.164. The van der Waals surface area contributed by atoms with Crippen molar-refractivity contribution in [2.45, 2.75) is 37.8 Å². The molecule has 1 fully saturated rings. The summed E-state index contributed by atoms with van der Waals surface area (Å²) in [6.45, 7) is 5.30. The lowest BCUT2D eigenvalue weighted by molar-refractivity contribution is -0.139. The SMILES string of the molecule is CCCn1c(=O)sc2cc(S(=O)(=O)N3CCN(C(=O)[C@@H](C)Oc4ccccc4)CC3)ccc21. The van der Waals surface area contributed by atoms with Crippen LogP contribution in [0.5, 0.6) is 5.75 Å². The van der Waals surface area contributed by atoms with E-state index in [1.165, 1.54) is 4.31 Å². The second kappa shape index (κ2) is 9.66. The fourth-order valence-electron chi connectivity index (χ4n) is 3.95. The number of carbonyl (C=O) groups excluding carboxylic acids is 1. The molecule has 1 saturated heterocycles. The maximum absolute atomic E-state index is 13.2. The van der Waals surface area contributed by atoms with Gasteiger partial charge in [0.25, 0.3) is 5.91 Å². The largest absolute Gasteiger partial charge is 0.481 e. The molecule has 1 aliphatic rings. The Morgan fingerprint density at radius 2 is 1.79 bits per heavy atom. The van der Waals surface area contributed by atoms with E-state index in [1.54, 1.807) is 46.7 Å². The average Bonchev–Trinajstić information content (AvgIpc) is 3.14. The molecule has 10 heteroatoms. The van der Waals surface area contributed by atoms with Crippen molar-refractivity contribution in [2.75, 3.05) is 26.2 Å². The van der Waals surface area contributed by atoms with Crippen molar-refractivity contribution in [1.82, 2.24) is 13.8 Å². The second-order valence-electron chi connectivity index (χ2n) is 7.95. The first-order chi connectivity index (χ1) is 15.8. The summed E-state index contributed by atoms with van der Waals surface area (Å²) in [7, 11) is -3.73. The first-order valence-corrected chi connectivity index (χ1v) is 13.2. The van der Waals surface area contributed by atoms with Crippen LogP contribution >= 0.6 is 11.3 Å². The van der Waals surface area contributed by atoms with Gasteiger partial charge in [-0.2, -0.15) is 4.31 Å². The highest BCUT2D eigenvalue weighted by atomic mass is 32.2. The Morgan fingerprint density at radius 3 is 2.45 bits per heavy atom. The zero-order valence-corrected chi connectivity index (χ0v) is 20.3. The zero-order valence-electron chi connectivity index (χ0n) is 18.6. The Hall–Kier alpha value is -2.69. The lowest BCUT2D eigenvalue weighted by Gasteiger charge is -2.35. The van der Waals surface area contributed by atoms with E-state index in [4.69, 9.17) is 4.74 Å². The number of ether oxygens (including phenoxy) is 1. The summed E-state index contributed by atoms with van der Waals surface area (Å²) in [5, 5.41) is 0. The maximum Gasteiger partial charge on any atom is 0.308 e. The molecule has 0 bridgehead atoms. The number of benzene rings is 2. The lowest BCUT2D eigenvalue weighted by Crippen LogP contribution is -2.53. The minimum absolute atomic E-state index is 0.0830. The van der Waals surface area contributed by atoms with Gasteiger partial charge in [-0.05, 0) is 43.7 Å². The number of hydrogen-bond donors (Lipinski definition) is 0. The molecule has 0 spiro atoms. The van der Waals surface area contributed by atoms with Gasteiger partial charge in [0.2, 0.25) is 10.0 Å². The molecule has 176 valence electrons. The molecule has 0 radical (unpaired) electrons. The van der Waals surface area contributed by atoms with Gasteiger partial charge in [-0.1, -0.05) is 36.5 Å². The van der Waals surface area contributed by atoms with Gasteiger partial charge in [-0.15, -0.1) is 0 Å². The van der Waals surface area contributed by atoms with Crippen LogP contribution in [-0.4, -0.2) is 60.4 Å². The zero-order chi connectivity index (χ0) is 23.6. The molecule has 33 heavy (non-hydrogen) atoms. The number of thiazole rings is 1. The van der Waals surface area contributed by atoms with E-state index < -0.39 is 16.1 Å².